The van der Waals surface area contributed by atoms with E-state index in [1.54, 1.807) is 6.20 Å². The predicted octanol–water partition coefficient (Wildman–Crippen LogP) is 5.49. The molecule has 0 aliphatic carbocycles. The van der Waals surface area contributed by atoms with Gasteiger partial charge in [0.1, 0.15) is 11.5 Å². The quantitative estimate of drug-likeness (QED) is 0.436. The number of aliphatic hydroxyl groups is 1. The number of rotatable bonds is 7. The number of aryl methyl sites for hydroxylation is 1. The van der Waals surface area contributed by atoms with Gasteiger partial charge >= 0.3 is 0 Å². The van der Waals surface area contributed by atoms with Crippen molar-refractivity contribution in [2.45, 2.75) is 19.8 Å². The Morgan fingerprint density at radius 3 is 2.46 bits per heavy atom. The minimum absolute atomic E-state index is 0.0974. The predicted molar refractivity (Wildman–Crippen MR) is 111 cm³/mol. The van der Waals surface area contributed by atoms with Crippen LogP contribution in [0.5, 0.6) is 5.75 Å². The molecule has 0 unspecified atom stereocenters. The SMILES string of the molecule is CCc1ccc(-c2c(-c3ccccc3)oc3nccc(OCCCO)c23)cc1. The molecule has 4 nitrogen and oxygen atoms in total. The fraction of sp³-hybridized carbons (Fsp3) is 0.208. The smallest absolute Gasteiger partial charge is 0.231 e. The summed E-state index contributed by atoms with van der Waals surface area (Å²) in [7, 11) is 0. The van der Waals surface area contributed by atoms with Gasteiger partial charge in [0.25, 0.3) is 0 Å². The van der Waals surface area contributed by atoms with Gasteiger partial charge in [0.15, 0.2) is 0 Å². The van der Waals surface area contributed by atoms with Crippen LogP contribution < -0.4 is 4.74 Å². The lowest BCUT2D eigenvalue weighted by atomic mass is 9.97. The van der Waals surface area contributed by atoms with Gasteiger partial charge < -0.3 is 14.3 Å². The normalized spacial score (nSPS) is 11.1. The maximum absolute atomic E-state index is 9.08. The van der Waals surface area contributed by atoms with E-state index < -0.39 is 0 Å². The zero-order valence-corrected chi connectivity index (χ0v) is 15.9. The molecule has 2 aromatic heterocycles. The Balaban J connectivity index is 1.93. The first-order valence-corrected chi connectivity index (χ1v) is 9.61. The topological polar surface area (TPSA) is 55.5 Å². The summed E-state index contributed by atoms with van der Waals surface area (Å²) in [6.07, 6.45) is 3.27. The van der Waals surface area contributed by atoms with Gasteiger partial charge in [-0.05, 0) is 23.6 Å². The van der Waals surface area contributed by atoms with E-state index in [1.807, 2.05) is 36.4 Å². The van der Waals surface area contributed by atoms with E-state index in [-0.39, 0.29) is 6.61 Å². The van der Waals surface area contributed by atoms with Crippen LogP contribution in [0.4, 0.5) is 0 Å². The maximum atomic E-state index is 9.08. The van der Waals surface area contributed by atoms with Gasteiger partial charge in [-0.25, -0.2) is 4.98 Å². The Hall–Kier alpha value is -3.11. The van der Waals surface area contributed by atoms with Gasteiger partial charge in [-0.1, -0.05) is 61.5 Å². The molecule has 0 saturated heterocycles. The number of pyridine rings is 1. The Morgan fingerprint density at radius 2 is 1.75 bits per heavy atom. The number of aliphatic hydroxyl groups excluding tert-OH is 1. The summed E-state index contributed by atoms with van der Waals surface area (Å²) in [4.78, 5) is 4.44. The van der Waals surface area contributed by atoms with Crippen molar-refractivity contribution in [2.75, 3.05) is 13.2 Å². The lowest BCUT2D eigenvalue weighted by Gasteiger charge is -2.09. The third kappa shape index (κ3) is 3.51. The highest BCUT2D eigenvalue weighted by atomic mass is 16.5. The van der Waals surface area contributed by atoms with Crippen LogP contribution in [0.1, 0.15) is 18.9 Å². The first-order valence-electron chi connectivity index (χ1n) is 9.61. The van der Waals surface area contributed by atoms with Crippen LogP contribution in [0.25, 0.3) is 33.6 Å². The van der Waals surface area contributed by atoms with E-state index in [9.17, 15) is 0 Å². The summed E-state index contributed by atoms with van der Waals surface area (Å²) in [5, 5.41) is 9.95. The standard InChI is InChI=1S/C24H23NO3/c1-2-17-9-11-18(12-10-17)21-22-20(27-16-6-15-26)13-14-25-24(22)28-23(21)19-7-4-3-5-8-19/h3-5,7-14,26H,2,6,15-16H2,1H3. The minimum Gasteiger partial charge on any atom is -0.493 e. The third-order valence-corrected chi connectivity index (χ3v) is 4.80. The van der Waals surface area contributed by atoms with Crippen molar-refractivity contribution in [3.05, 3.63) is 72.4 Å². The molecule has 4 rings (SSSR count). The van der Waals surface area contributed by atoms with E-state index in [4.69, 9.17) is 14.3 Å². The first kappa shape index (κ1) is 18.3. The van der Waals surface area contributed by atoms with Crippen molar-refractivity contribution >= 4 is 11.1 Å². The summed E-state index contributed by atoms with van der Waals surface area (Å²) < 4.78 is 12.2. The lowest BCUT2D eigenvalue weighted by molar-refractivity contribution is 0.235. The Kier molecular flexibility index (Phi) is 5.40. The van der Waals surface area contributed by atoms with Crippen molar-refractivity contribution in [3.8, 4) is 28.2 Å². The summed E-state index contributed by atoms with van der Waals surface area (Å²) >= 11 is 0. The van der Waals surface area contributed by atoms with Crippen molar-refractivity contribution in [1.29, 1.82) is 0 Å². The van der Waals surface area contributed by atoms with Crippen LogP contribution in [0.2, 0.25) is 0 Å². The van der Waals surface area contributed by atoms with Crippen molar-refractivity contribution in [2.24, 2.45) is 0 Å². The summed E-state index contributed by atoms with van der Waals surface area (Å²) in [6, 6.07) is 20.5. The molecular weight excluding hydrogens is 350 g/mol. The van der Waals surface area contributed by atoms with E-state index in [2.05, 4.69) is 36.2 Å². The molecular formula is C24H23NO3. The molecule has 0 bridgehead atoms. The molecule has 0 saturated carbocycles. The van der Waals surface area contributed by atoms with Crippen LogP contribution in [0.15, 0.2) is 71.3 Å². The number of fused-ring (bicyclic) bond motifs is 1. The van der Waals surface area contributed by atoms with Crippen molar-refractivity contribution in [1.82, 2.24) is 4.98 Å². The number of benzene rings is 2. The molecule has 142 valence electrons. The number of aromatic nitrogens is 1. The zero-order chi connectivity index (χ0) is 19.3. The molecule has 0 atom stereocenters. The molecule has 1 N–H and O–H groups in total. The van der Waals surface area contributed by atoms with Gasteiger partial charge in [0.05, 0.1) is 12.0 Å². The van der Waals surface area contributed by atoms with Gasteiger partial charge in [-0.3, -0.25) is 0 Å². The van der Waals surface area contributed by atoms with Gasteiger partial charge in [-0.2, -0.15) is 0 Å². The third-order valence-electron chi connectivity index (χ3n) is 4.80. The zero-order valence-electron chi connectivity index (χ0n) is 15.9. The summed E-state index contributed by atoms with van der Waals surface area (Å²) in [5.74, 6) is 1.50. The molecule has 0 fully saturated rings. The van der Waals surface area contributed by atoms with E-state index >= 15 is 0 Å². The molecule has 4 heteroatoms. The van der Waals surface area contributed by atoms with E-state index in [1.165, 1.54) is 5.56 Å². The highest BCUT2D eigenvalue weighted by Crippen LogP contribution is 2.43. The van der Waals surface area contributed by atoms with Crippen LogP contribution in [-0.2, 0) is 6.42 Å². The Labute approximate surface area is 164 Å². The number of hydrogen-bond donors (Lipinski definition) is 1. The van der Waals surface area contributed by atoms with Gasteiger partial charge in [0.2, 0.25) is 5.71 Å². The monoisotopic (exact) mass is 373 g/mol. The van der Waals surface area contributed by atoms with Crippen LogP contribution >= 0.6 is 0 Å². The second-order valence-corrected chi connectivity index (χ2v) is 6.64. The first-order chi connectivity index (χ1) is 13.8. The molecule has 0 radical (unpaired) electrons. The fourth-order valence-electron chi connectivity index (χ4n) is 3.34. The maximum Gasteiger partial charge on any atom is 0.231 e. The number of furan rings is 1. The van der Waals surface area contributed by atoms with Gasteiger partial charge in [-0.15, -0.1) is 0 Å². The molecule has 0 aliphatic heterocycles. The number of ether oxygens (including phenoxy) is 1. The molecule has 4 aromatic rings. The highest BCUT2D eigenvalue weighted by Gasteiger charge is 2.21. The largest absolute Gasteiger partial charge is 0.493 e. The molecule has 2 heterocycles. The summed E-state index contributed by atoms with van der Waals surface area (Å²) in [6.45, 7) is 2.69. The molecule has 0 amide bonds. The van der Waals surface area contributed by atoms with Crippen LogP contribution in [-0.4, -0.2) is 23.3 Å². The minimum atomic E-state index is 0.0974. The van der Waals surface area contributed by atoms with Crippen molar-refractivity contribution in [3.63, 3.8) is 0 Å². The van der Waals surface area contributed by atoms with Crippen molar-refractivity contribution < 1.29 is 14.3 Å². The highest BCUT2D eigenvalue weighted by molar-refractivity contribution is 6.03. The van der Waals surface area contributed by atoms with Gasteiger partial charge in [0, 0.05) is 30.4 Å². The Bertz CT molecular complexity index is 1050. The number of hydrogen-bond acceptors (Lipinski definition) is 4. The lowest BCUT2D eigenvalue weighted by Crippen LogP contribution is -2.00. The molecule has 2 aromatic carbocycles. The average molecular weight is 373 g/mol. The molecule has 0 spiro atoms. The second kappa shape index (κ2) is 8.28. The fourth-order valence-corrected chi connectivity index (χ4v) is 3.34. The molecule has 0 aliphatic rings. The summed E-state index contributed by atoms with van der Waals surface area (Å²) in [5.41, 5.74) is 4.88. The van der Waals surface area contributed by atoms with E-state index in [0.29, 0.717) is 18.7 Å². The number of nitrogens with zero attached hydrogens (tertiary/aromatic N) is 1. The average Bonchev–Trinajstić information content (AvgIpc) is 3.15. The second-order valence-electron chi connectivity index (χ2n) is 6.64. The van der Waals surface area contributed by atoms with Crippen LogP contribution in [0.3, 0.4) is 0 Å². The Morgan fingerprint density at radius 1 is 0.964 bits per heavy atom. The van der Waals surface area contributed by atoms with E-state index in [0.717, 1.165) is 40.0 Å². The van der Waals surface area contributed by atoms with Crippen LogP contribution in [0, 0.1) is 0 Å². The molecule has 28 heavy (non-hydrogen) atoms.